The normalized spacial score (nSPS) is 16.4. The molecule has 0 saturated carbocycles. The van der Waals surface area contributed by atoms with Crippen LogP contribution < -0.4 is 5.09 Å². The summed E-state index contributed by atoms with van der Waals surface area (Å²) in [6.45, 7) is 1.33. The molecule has 0 spiro atoms. The summed E-state index contributed by atoms with van der Waals surface area (Å²) in [6, 6.07) is 7.72. The van der Waals surface area contributed by atoms with Gasteiger partial charge in [-0.1, -0.05) is 30.3 Å². The van der Waals surface area contributed by atoms with Gasteiger partial charge in [0.05, 0.1) is 6.16 Å². The lowest BCUT2D eigenvalue weighted by atomic mass is 10.2. The molecule has 1 aromatic carbocycles. The molecule has 6 heteroatoms. The Kier molecular flexibility index (Phi) is 4.24. The maximum absolute atomic E-state index is 11.7. The highest BCUT2D eigenvalue weighted by molar-refractivity contribution is 7.55. The molecule has 0 aliphatic heterocycles. The lowest BCUT2D eigenvalue weighted by Gasteiger charge is -2.16. The largest absolute Gasteiger partial charge is 0.480 e. The van der Waals surface area contributed by atoms with Crippen LogP contribution in [0.25, 0.3) is 0 Å². The van der Waals surface area contributed by atoms with Crippen molar-refractivity contribution in [2.75, 3.05) is 0 Å². The molecule has 0 aliphatic rings. The van der Waals surface area contributed by atoms with Gasteiger partial charge in [-0.3, -0.25) is 9.36 Å². The van der Waals surface area contributed by atoms with Crippen molar-refractivity contribution in [3.8, 4) is 0 Å². The van der Waals surface area contributed by atoms with E-state index in [-0.39, 0.29) is 6.16 Å². The molecule has 0 amide bonds. The molecule has 2 unspecified atom stereocenters. The monoisotopic (exact) mass is 243 g/mol. The van der Waals surface area contributed by atoms with Crippen molar-refractivity contribution in [1.82, 2.24) is 5.09 Å². The Balaban J connectivity index is 2.66. The predicted octanol–water partition coefficient (Wildman–Crippen LogP) is 1.43. The maximum Gasteiger partial charge on any atom is 0.320 e. The van der Waals surface area contributed by atoms with Crippen LogP contribution in [-0.4, -0.2) is 22.0 Å². The van der Waals surface area contributed by atoms with Gasteiger partial charge in [-0.05, 0) is 12.5 Å². The zero-order chi connectivity index (χ0) is 12.2. The minimum Gasteiger partial charge on any atom is -0.480 e. The molecule has 0 aliphatic carbocycles. The standard InChI is InChI=1S/C10H14NO4P/c1-8(10(12)13)11-16(14,15)7-9-5-3-2-4-6-9/h2-6,8H,7H2,1H3,(H,12,13)(H2,11,14,15). The highest BCUT2D eigenvalue weighted by Crippen LogP contribution is 2.40. The van der Waals surface area contributed by atoms with E-state index >= 15 is 0 Å². The Hall–Kier alpha value is -1.16. The molecule has 3 N–H and O–H groups in total. The van der Waals surface area contributed by atoms with Gasteiger partial charge in [0.25, 0.3) is 7.52 Å². The molecular weight excluding hydrogens is 229 g/mol. The first-order valence-corrected chi connectivity index (χ1v) is 6.61. The van der Waals surface area contributed by atoms with Gasteiger partial charge in [0, 0.05) is 0 Å². The number of carboxylic acid groups (broad SMARTS) is 1. The molecule has 0 radical (unpaired) electrons. The molecule has 0 fully saturated rings. The van der Waals surface area contributed by atoms with E-state index in [1.54, 1.807) is 30.3 Å². The quantitative estimate of drug-likeness (QED) is 0.681. The number of aliphatic carboxylic acids is 1. The Bertz CT molecular complexity index is 407. The van der Waals surface area contributed by atoms with Crippen molar-refractivity contribution >= 4 is 13.5 Å². The molecule has 0 heterocycles. The summed E-state index contributed by atoms with van der Waals surface area (Å²) in [6.07, 6.45) is -0.0779. The Morgan fingerprint density at radius 3 is 2.50 bits per heavy atom. The second kappa shape index (κ2) is 5.25. The third kappa shape index (κ3) is 4.14. The van der Waals surface area contributed by atoms with Crippen LogP contribution in [-0.2, 0) is 15.5 Å². The highest BCUT2D eigenvalue weighted by atomic mass is 31.2. The van der Waals surface area contributed by atoms with Crippen LogP contribution in [0.3, 0.4) is 0 Å². The number of carboxylic acids is 1. The molecule has 0 bridgehead atoms. The SMILES string of the molecule is CC(NP(=O)(O)Cc1ccccc1)C(=O)O. The zero-order valence-electron chi connectivity index (χ0n) is 8.83. The predicted molar refractivity (Wildman–Crippen MR) is 60.2 cm³/mol. The highest BCUT2D eigenvalue weighted by Gasteiger charge is 2.24. The van der Waals surface area contributed by atoms with Gasteiger partial charge in [0.2, 0.25) is 0 Å². The molecule has 1 aromatic rings. The average Bonchev–Trinajstić information content (AvgIpc) is 2.17. The van der Waals surface area contributed by atoms with E-state index in [2.05, 4.69) is 5.09 Å². The lowest BCUT2D eigenvalue weighted by Crippen LogP contribution is -2.31. The van der Waals surface area contributed by atoms with E-state index in [0.29, 0.717) is 5.56 Å². The summed E-state index contributed by atoms with van der Waals surface area (Å²) in [5.74, 6) is -1.15. The van der Waals surface area contributed by atoms with E-state index < -0.39 is 19.5 Å². The fourth-order valence-corrected chi connectivity index (χ4v) is 2.75. The molecule has 5 nitrogen and oxygen atoms in total. The van der Waals surface area contributed by atoms with Gasteiger partial charge >= 0.3 is 5.97 Å². The summed E-state index contributed by atoms with van der Waals surface area (Å²) in [5, 5.41) is 10.8. The van der Waals surface area contributed by atoms with E-state index in [4.69, 9.17) is 5.11 Å². The molecule has 0 aromatic heterocycles. The molecule has 1 rings (SSSR count). The van der Waals surface area contributed by atoms with Crippen LogP contribution in [0.15, 0.2) is 30.3 Å². The van der Waals surface area contributed by atoms with E-state index in [1.165, 1.54) is 6.92 Å². The van der Waals surface area contributed by atoms with Crippen LogP contribution in [0.2, 0.25) is 0 Å². The number of rotatable bonds is 5. The van der Waals surface area contributed by atoms with Gasteiger partial charge in [0.15, 0.2) is 0 Å². The number of carbonyl (C=O) groups is 1. The van der Waals surface area contributed by atoms with Crippen molar-refractivity contribution < 1.29 is 19.4 Å². The summed E-state index contributed by atoms with van der Waals surface area (Å²) >= 11 is 0. The first-order chi connectivity index (χ1) is 7.41. The van der Waals surface area contributed by atoms with Crippen molar-refractivity contribution in [2.45, 2.75) is 19.1 Å². The van der Waals surface area contributed by atoms with Gasteiger partial charge in [0.1, 0.15) is 6.04 Å². The number of benzene rings is 1. The van der Waals surface area contributed by atoms with E-state index in [1.807, 2.05) is 0 Å². The van der Waals surface area contributed by atoms with Gasteiger partial charge in [-0.2, -0.15) is 0 Å². The lowest BCUT2D eigenvalue weighted by molar-refractivity contribution is -0.138. The van der Waals surface area contributed by atoms with Crippen molar-refractivity contribution in [1.29, 1.82) is 0 Å². The smallest absolute Gasteiger partial charge is 0.320 e. The third-order valence-electron chi connectivity index (χ3n) is 2.01. The van der Waals surface area contributed by atoms with Crippen LogP contribution in [0, 0.1) is 0 Å². The molecule has 2 atom stereocenters. The van der Waals surface area contributed by atoms with Gasteiger partial charge in [-0.15, -0.1) is 0 Å². The van der Waals surface area contributed by atoms with Crippen molar-refractivity contribution in [3.63, 3.8) is 0 Å². The summed E-state index contributed by atoms with van der Waals surface area (Å²) < 4.78 is 11.7. The average molecular weight is 243 g/mol. The second-order valence-electron chi connectivity index (χ2n) is 3.53. The fourth-order valence-electron chi connectivity index (χ4n) is 1.23. The Morgan fingerprint density at radius 2 is 2.00 bits per heavy atom. The van der Waals surface area contributed by atoms with Gasteiger partial charge in [-0.25, -0.2) is 5.09 Å². The molecule has 88 valence electrons. The number of nitrogens with one attached hydrogen (secondary N) is 1. The van der Waals surface area contributed by atoms with E-state index in [9.17, 15) is 14.3 Å². The van der Waals surface area contributed by atoms with Crippen molar-refractivity contribution in [2.24, 2.45) is 0 Å². The Morgan fingerprint density at radius 1 is 1.44 bits per heavy atom. The molecular formula is C10H14NO4P. The zero-order valence-corrected chi connectivity index (χ0v) is 9.72. The third-order valence-corrected chi connectivity index (χ3v) is 3.59. The topological polar surface area (TPSA) is 86.6 Å². The summed E-state index contributed by atoms with van der Waals surface area (Å²) in [5.41, 5.74) is 0.693. The summed E-state index contributed by atoms with van der Waals surface area (Å²) in [7, 11) is -3.66. The minimum absolute atomic E-state index is 0.0779. The summed E-state index contributed by atoms with van der Waals surface area (Å²) in [4.78, 5) is 20.1. The van der Waals surface area contributed by atoms with Crippen LogP contribution >= 0.6 is 7.52 Å². The first-order valence-electron chi connectivity index (χ1n) is 4.77. The van der Waals surface area contributed by atoms with Crippen molar-refractivity contribution in [3.05, 3.63) is 35.9 Å². The van der Waals surface area contributed by atoms with Crippen LogP contribution in [0.1, 0.15) is 12.5 Å². The van der Waals surface area contributed by atoms with E-state index in [0.717, 1.165) is 0 Å². The molecule has 0 saturated heterocycles. The van der Waals surface area contributed by atoms with Crippen LogP contribution in [0.4, 0.5) is 0 Å². The number of hydrogen-bond donors (Lipinski definition) is 3. The van der Waals surface area contributed by atoms with Gasteiger partial charge < -0.3 is 10.00 Å². The Labute approximate surface area is 93.6 Å². The number of hydrogen-bond acceptors (Lipinski definition) is 2. The van der Waals surface area contributed by atoms with Crippen LogP contribution in [0.5, 0.6) is 0 Å². The maximum atomic E-state index is 11.7. The second-order valence-corrected chi connectivity index (χ2v) is 5.51. The first kappa shape index (κ1) is 12.9. The fraction of sp³-hybridized carbons (Fsp3) is 0.300. The molecule has 16 heavy (non-hydrogen) atoms. The minimum atomic E-state index is -3.66.